The van der Waals surface area contributed by atoms with Crippen molar-refractivity contribution in [2.75, 3.05) is 25.0 Å². The van der Waals surface area contributed by atoms with Gasteiger partial charge >= 0.3 is 0 Å². The number of benzene rings is 1. The van der Waals surface area contributed by atoms with Crippen molar-refractivity contribution < 1.29 is 14.4 Å². The Morgan fingerprint density at radius 1 is 1.16 bits per heavy atom. The van der Waals surface area contributed by atoms with Gasteiger partial charge in [-0.3, -0.25) is 14.4 Å². The lowest BCUT2D eigenvalue weighted by molar-refractivity contribution is -0.126. The maximum atomic E-state index is 12.8. The van der Waals surface area contributed by atoms with E-state index >= 15 is 0 Å². The number of aryl methyl sites for hydroxylation is 1. The highest BCUT2D eigenvalue weighted by Crippen LogP contribution is 2.25. The number of nitrogens with zero attached hydrogens (tertiary/aromatic N) is 2. The van der Waals surface area contributed by atoms with E-state index < -0.39 is 0 Å². The first kappa shape index (κ1) is 23.0. The molecule has 2 aromatic rings. The summed E-state index contributed by atoms with van der Waals surface area (Å²) >= 11 is 11.9. The third kappa shape index (κ3) is 6.42. The van der Waals surface area contributed by atoms with Gasteiger partial charge in [0.2, 0.25) is 11.8 Å². The van der Waals surface area contributed by atoms with E-state index in [0.29, 0.717) is 40.9 Å². The van der Waals surface area contributed by atoms with Gasteiger partial charge in [0.25, 0.3) is 5.91 Å². The number of piperidine rings is 1. The number of hydrogen-bond acceptors (Lipinski definition) is 4. The molecule has 0 radical (unpaired) electrons. The van der Waals surface area contributed by atoms with Crippen LogP contribution in [0.5, 0.6) is 0 Å². The van der Waals surface area contributed by atoms with Crippen LogP contribution in [0.1, 0.15) is 35.3 Å². The van der Waals surface area contributed by atoms with Crippen molar-refractivity contribution >= 4 is 46.7 Å². The van der Waals surface area contributed by atoms with Crippen LogP contribution in [0, 0.1) is 12.8 Å². The van der Waals surface area contributed by atoms with E-state index in [2.05, 4.69) is 15.6 Å². The van der Waals surface area contributed by atoms with Gasteiger partial charge in [0.1, 0.15) is 5.82 Å². The van der Waals surface area contributed by atoms with E-state index in [1.807, 2.05) is 19.1 Å². The smallest absolute Gasteiger partial charge is 0.253 e. The van der Waals surface area contributed by atoms with Gasteiger partial charge in [-0.05, 0) is 50.1 Å². The molecule has 1 unspecified atom stereocenters. The summed E-state index contributed by atoms with van der Waals surface area (Å²) in [7, 11) is 0. The Bertz CT molecular complexity index is 983. The molecule has 3 amide bonds. The number of anilines is 1. The first-order valence-electron chi connectivity index (χ1n) is 10.1. The molecule has 0 aliphatic carbocycles. The molecule has 1 aromatic heterocycles. The van der Waals surface area contributed by atoms with Crippen molar-refractivity contribution in [1.29, 1.82) is 0 Å². The van der Waals surface area contributed by atoms with Gasteiger partial charge in [0.05, 0.1) is 16.0 Å². The zero-order valence-corrected chi connectivity index (χ0v) is 18.7. The summed E-state index contributed by atoms with van der Waals surface area (Å²) in [6, 6.07) is 10.1. The zero-order valence-electron chi connectivity index (χ0n) is 17.2. The summed E-state index contributed by atoms with van der Waals surface area (Å²) < 4.78 is 0. The van der Waals surface area contributed by atoms with Crippen molar-refractivity contribution in [3.8, 4) is 0 Å². The number of pyridine rings is 1. The molecule has 1 saturated heterocycles. The van der Waals surface area contributed by atoms with Crippen LogP contribution in [0.15, 0.2) is 36.4 Å². The Morgan fingerprint density at radius 2 is 1.97 bits per heavy atom. The molecule has 1 aliphatic rings. The molecular formula is C22H24Cl2N4O3. The Labute approximate surface area is 191 Å². The minimum atomic E-state index is -0.318. The van der Waals surface area contributed by atoms with E-state index in [0.717, 1.165) is 12.1 Å². The van der Waals surface area contributed by atoms with Crippen LogP contribution in [0.25, 0.3) is 0 Å². The topological polar surface area (TPSA) is 91.4 Å². The van der Waals surface area contributed by atoms with Crippen LogP contribution < -0.4 is 10.6 Å². The lowest BCUT2D eigenvalue weighted by Crippen LogP contribution is -2.45. The fraction of sp³-hybridized carbons (Fsp3) is 0.364. The second kappa shape index (κ2) is 10.6. The van der Waals surface area contributed by atoms with Crippen LogP contribution >= 0.6 is 23.2 Å². The van der Waals surface area contributed by atoms with Gasteiger partial charge in [-0.1, -0.05) is 29.3 Å². The van der Waals surface area contributed by atoms with E-state index in [-0.39, 0.29) is 36.6 Å². The van der Waals surface area contributed by atoms with E-state index in [1.165, 1.54) is 6.07 Å². The third-order valence-corrected chi connectivity index (χ3v) is 5.79. The molecule has 9 heteroatoms. The van der Waals surface area contributed by atoms with E-state index in [9.17, 15) is 14.4 Å². The molecule has 1 fully saturated rings. The van der Waals surface area contributed by atoms with Crippen molar-refractivity contribution in [2.45, 2.75) is 26.2 Å². The van der Waals surface area contributed by atoms with Crippen molar-refractivity contribution in [3.05, 3.63) is 57.7 Å². The molecule has 2 heterocycles. The minimum absolute atomic E-state index is 0.139. The molecule has 164 valence electrons. The molecule has 1 aliphatic heterocycles. The predicted molar refractivity (Wildman–Crippen MR) is 120 cm³/mol. The lowest BCUT2D eigenvalue weighted by Gasteiger charge is -2.32. The average molecular weight is 463 g/mol. The Balaban J connectivity index is 1.47. The summed E-state index contributed by atoms with van der Waals surface area (Å²) in [4.78, 5) is 43.2. The Kier molecular flexibility index (Phi) is 7.87. The van der Waals surface area contributed by atoms with Crippen LogP contribution in [-0.2, 0) is 9.59 Å². The fourth-order valence-corrected chi connectivity index (χ4v) is 3.75. The maximum absolute atomic E-state index is 12.8. The Morgan fingerprint density at radius 3 is 2.71 bits per heavy atom. The predicted octanol–water partition coefficient (Wildman–Crippen LogP) is 3.69. The number of carbonyl (C=O) groups excluding carboxylic acids is 3. The number of hydrogen-bond donors (Lipinski definition) is 2. The number of carbonyl (C=O) groups is 3. The van der Waals surface area contributed by atoms with Crippen LogP contribution in [0.3, 0.4) is 0 Å². The quantitative estimate of drug-likeness (QED) is 0.684. The zero-order chi connectivity index (χ0) is 22.4. The third-order valence-electron chi connectivity index (χ3n) is 5.05. The molecule has 1 aromatic carbocycles. The molecule has 1 atom stereocenters. The van der Waals surface area contributed by atoms with Gasteiger partial charge < -0.3 is 15.5 Å². The van der Waals surface area contributed by atoms with Crippen LogP contribution in [0.2, 0.25) is 10.0 Å². The molecule has 7 nitrogen and oxygen atoms in total. The second-order valence-electron chi connectivity index (χ2n) is 7.47. The highest BCUT2D eigenvalue weighted by Gasteiger charge is 2.29. The van der Waals surface area contributed by atoms with Gasteiger partial charge in [-0.15, -0.1) is 0 Å². The molecule has 3 rings (SSSR count). The number of amides is 3. The highest BCUT2D eigenvalue weighted by atomic mass is 35.5. The molecule has 0 bridgehead atoms. The average Bonchev–Trinajstić information content (AvgIpc) is 2.75. The van der Waals surface area contributed by atoms with Gasteiger partial charge in [0.15, 0.2) is 0 Å². The lowest BCUT2D eigenvalue weighted by atomic mass is 9.96. The molecule has 31 heavy (non-hydrogen) atoms. The van der Waals surface area contributed by atoms with Gasteiger partial charge in [-0.2, -0.15) is 0 Å². The van der Waals surface area contributed by atoms with Gasteiger partial charge in [-0.25, -0.2) is 4.98 Å². The second-order valence-corrected chi connectivity index (χ2v) is 8.29. The summed E-state index contributed by atoms with van der Waals surface area (Å²) in [6.07, 6.45) is 1.56. The first-order chi connectivity index (χ1) is 14.8. The highest BCUT2D eigenvalue weighted by molar-refractivity contribution is 6.42. The van der Waals surface area contributed by atoms with Crippen LogP contribution in [-0.4, -0.2) is 47.2 Å². The number of halogens is 2. The summed E-state index contributed by atoms with van der Waals surface area (Å²) in [5, 5.41) is 6.21. The molecular weight excluding hydrogens is 439 g/mol. The number of likely N-dealkylation sites (tertiary alicyclic amines) is 1. The molecule has 2 N–H and O–H groups in total. The summed E-state index contributed by atoms with van der Waals surface area (Å²) in [5.74, 6) is -0.394. The number of aromatic nitrogens is 1. The van der Waals surface area contributed by atoms with Gasteiger partial charge in [0, 0.05) is 37.3 Å². The van der Waals surface area contributed by atoms with E-state index in [1.54, 1.807) is 23.1 Å². The largest absolute Gasteiger partial charge is 0.355 e. The first-order valence-corrected chi connectivity index (χ1v) is 10.8. The normalized spacial score (nSPS) is 16.0. The molecule has 0 spiro atoms. The Hall–Kier alpha value is -2.64. The number of rotatable bonds is 6. The van der Waals surface area contributed by atoms with Crippen molar-refractivity contribution in [1.82, 2.24) is 15.2 Å². The SMILES string of the molecule is Cc1cccc(NC(=O)CCNC(=O)C2CCCN(C(=O)c3ccc(Cl)c(Cl)c3)C2)n1. The summed E-state index contributed by atoms with van der Waals surface area (Å²) in [6.45, 7) is 2.96. The van der Waals surface area contributed by atoms with Crippen LogP contribution in [0.4, 0.5) is 5.82 Å². The van der Waals surface area contributed by atoms with Crippen molar-refractivity contribution in [3.63, 3.8) is 0 Å². The monoisotopic (exact) mass is 462 g/mol. The van der Waals surface area contributed by atoms with Crippen molar-refractivity contribution in [2.24, 2.45) is 5.92 Å². The standard InChI is InChI=1S/C22H24Cl2N4O3/c1-14-4-2-6-19(26-14)27-20(29)9-10-25-21(30)16-5-3-11-28(13-16)22(31)15-7-8-17(23)18(24)12-15/h2,4,6-8,12,16H,3,5,9-11,13H2,1H3,(H,25,30)(H,26,27,29). The number of nitrogens with one attached hydrogen (secondary N) is 2. The van der Waals surface area contributed by atoms with E-state index in [4.69, 9.17) is 23.2 Å². The maximum Gasteiger partial charge on any atom is 0.253 e. The minimum Gasteiger partial charge on any atom is -0.355 e. The fourth-order valence-electron chi connectivity index (χ4n) is 3.45. The molecule has 0 saturated carbocycles. The summed E-state index contributed by atoms with van der Waals surface area (Å²) in [5.41, 5.74) is 1.25.